The predicted molar refractivity (Wildman–Crippen MR) is 93.4 cm³/mol. The van der Waals surface area contributed by atoms with Crippen LogP contribution in [0.4, 0.5) is 0 Å². The number of carbonyl (C=O) groups excluding carboxylic acids is 1. The number of halogens is 1. The topological polar surface area (TPSA) is 29.5 Å². The van der Waals surface area contributed by atoms with Gasteiger partial charge >= 0.3 is 0 Å². The van der Waals surface area contributed by atoms with Crippen molar-refractivity contribution in [3.05, 3.63) is 51.0 Å². The summed E-state index contributed by atoms with van der Waals surface area (Å²) in [4.78, 5) is 14.8. The standard InChI is InChI=1S/C17H20ClNO2S/c1-4-5-8-19-12(2)11-22-17(19)10-15(20)14-9-13(18)6-7-16(14)21-3/h6-7,9-11H,4-5,8H2,1-3H3. The van der Waals surface area contributed by atoms with E-state index in [-0.39, 0.29) is 5.78 Å². The fourth-order valence-corrected chi connectivity index (χ4v) is 3.35. The van der Waals surface area contributed by atoms with Crippen LogP contribution in [0.3, 0.4) is 0 Å². The fourth-order valence-electron chi connectivity index (χ4n) is 2.22. The SMILES string of the molecule is CCCCN1C(C)=CSC1=CC(=O)c1cc(Cl)ccc1OC. The number of thioether (sulfide) groups is 1. The number of ketones is 1. The van der Waals surface area contributed by atoms with E-state index in [0.29, 0.717) is 16.3 Å². The third kappa shape index (κ3) is 3.87. The van der Waals surface area contributed by atoms with Gasteiger partial charge in [0.25, 0.3) is 0 Å². The Bertz CT molecular complexity index is 625. The van der Waals surface area contributed by atoms with Crippen molar-refractivity contribution in [3.63, 3.8) is 0 Å². The zero-order chi connectivity index (χ0) is 16.1. The van der Waals surface area contributed by atoms with Gasteiger partial charge < -0.3 is 9.64 Å². The van der Waals surface area contributed by atoms with Gasteiger partial charge in [0, 0.05) is 23.3 Å². The Kier molecular flexibility index (Phi) is 5.98. The van der Waals surface area contributed by atoms with E-state index in [0.717, 1.165) is 24.4 Å². The molecule has 1 aliphatic rings. The van der Waals surface area contributed by atoms with Gasteiger partial charge in [-0.15, -0.1) is 0 Å². The van der Waals surface area contributed by atoms with Crippen molar-refractivity contribution in [1.29, 1.82) is 0 Å². The van der Waals surface area contributed by atoms with Crippen molar-refractivity contribution in [2.24, 2.45) is 0 Å². The quantitative estimate of drug-likeness (QED) is 0.534. The number of methoxy groups -OCH3 is 1. The Labute approximate surface area is 141 Å². The summed E-state index contributed by atoms with van der Waals surface area (Å²) >= 11 is 7.58. The van der Waals surface area contributed by atoms with Crippen LogP contribution in [0, 0.1) is 0 Å². The summed E-state index contributed by atoms with van der Waals surface area (Å²) in [5.41, 5.74) is 1.67. The molecule has 2 rings (SSSR count). The Morgan fingerprint density at radius 2 is 2.23 bits per heavy atom. The molecule has 0 saturated carbocycles. The van der Waals surface area contributed by atoms with E-state index in [2.05, 4.69) is 24.2 Å². The van der Waals surface area contributed by atoms with Crippen LogP contribution < -0.4 is 4.74 Å². The van der Waals surface area contributed by atoms with E-state index in [9.17, 15) is 4.79 Å². The van der Waals surface area contributed by atoms with Crippen LogP contribution in [0.5, 0.6) is 5.75 Å². The molecular formula is C17H20ClNO2S. The highest BCUT2D eigenvalue weighted by Gasteiger charge is 2.20. The summed E-state index contributed by atoms with van der Waals surface area (Å²) in [6, 6.07) is 5.08. The maximum atomic E-state index is 12.6. The number of hydrogen-bond donors (Lipinski definition) is 0. The first-order valence-electron chi connectivity index (χ1n) is 7.27. The van der Waals surface area contributed by atoms with E-state index in [1.165, 1.54) is 5.70 Å². The van der Waals surface area contributed by atoms with Gasteiger partial charge in [-0.3, -0.25) is 4.79 Å². The number of benzene rings is 1. The maximum absolute atomic E-state index is 12.6. The van der Waals surface area contributed by atoms with Crippen LogP contribution >= 0.6 is 23.4 Å². The van der Waals surface area contributed by atoms with Crippen molar-refractivity contribution in [3.8, 4) is 5.75 Å². The summed E-state index contributed by atoms with van der Waals surface area (Å²) in [6.07, 6.45) is 3.89. The van der Waals surface area contributed by atoms with Gasteiger partial charge in [0.05, 0.1) is 17.7 Å². The molecule has 1 aromatic carbocycles. The second kappa shape index (κ2) is 7.75. The molecule has 0 bridgehead atoms. The Morgan fingerprint density at radius 3 is 2.91 bits per heavy atom. The predicted octanol–water partition coefficient (Wildman–Crippen LogP) is 5.08. The first-order chi connectivity index (χ1) is 10.6. The minimum atomic E-state index is -0.0913. The number of allylic oxidation sites excluding steroid dienone is 2. The van der Waals surface area contributed by atoms with Gasteiger partial charge in [-0.05, 0) is 37.0 Å². The largest absolute Gasteiger partial charge is 0.496 e. The van der Waals surface area contributed by atoms with E-state index >= 15 is 0 Å². The Hall–Kier alpha value is -1.39. The van der Waals surface area contributed by atoms with Crippen LogP contribution in [0.25, 0.3) is 0 Å². The molecule has 0 atom stereocenters. The number of ether oxygens (including phenoxy) is 1. The van der Waals surface area contributed by atoms with Crippen LogP contribution in [-0.2, 0) is 0 Å². The smallest absolute Gasteiger partial charge is 0.192 e. The zero-order valence-electron chi connectivity index (χ0n) is 13.1. The highest BCUT2D eigenvalue weighted by Crippen LogP contribution is 2.35. The lowest BCUT2D eigenvalue weighted by atomic mass is 10.1. The Balaban J connectivity index is 2.25. The molecule has 1 aliphatic heterocycles. The molecule has 0 spiro atoms. The van der Waals surface area contributed by atoms with Crippen molar-refractivity contribution in [2.75, 3.05) is 13.7 Å². The zero-order valence-corrected chi connectivity index (χ0v) is 14.6. The van der Waals surface area contributed by atoms with Crippen LogP contribution in [0.2, 0.25) is 5.02 Å². The van der Waals surface area contributed by atoms with E-state index in [1.54, 1.807) is 43.1 Å². The first-order valence-corrected chi connectivity index (χ1v) is 8.53. The van der Waals surface area contributed by atoms with E-state index in [4.69, 9.17) is 16.3 Å². The molecule has 0 unspecified atom stereocenters. The number of unbranched alkanes of at least 4 members (excludes halogenated alkanes) is 1. The molecule has 1 aromatic rings. The van der Waals surface area contributed by atoms with Crippen LogP contribution in [0.15, 0.2) is 40.4 Å². The van der Waals surface area contributed by atoms with Crippen LogP contribution in [0.1, 0.15) is 37.0 Å². The van der Waals surface area contributed by atoms with Crippen molar-refractivity contribution in [1.82, 2.24) is 4.90 Å². The summed E-state index contributed by atoms with van der Waals surface area (Å²) < 4.78 is 5.26. The summed E-state index contributed by atoms with van der Waals surface area (Å²) in [5.74, 6) is 0.450. The monoisotopic (exact) mass is 337 g/mol. The molecule has 0 N–H and O–H groups in total. The summed E-state index contributed by atoms with van der Waals surface area (Å²) in [7, 11) is 1.55. The lowest BCUT2D eigenvalue weighted by Crippen LogP contribution is -2.18. The number of hydrogen-bond acceptors (Lipinski definition) is 4. The van der Waals surface area contributed by atoms with Gasteiger partial charge in [-0.25, -0.2) is 0 Å². The lowest BCUT2D eigenvalue weighted by Gasteiger charge is -2.21. The highest BCUT2D eigenvalue weighted by molar-refractivity contribution is 8.06. The molecule has 0 amide bonds. The molecule has 118 valence electrons. The van der Waals surface area contributed by atoms with Gasteiger partial charge in [0.2, 0.25) is 0 Å². The van der Waals surface area contributed by atoms with Gasteiger partial charge in [-0.1, -0.05) is 36.7 Å². The average molecular weight is 338 g/mol. The summed E-state index contributed by atoms with van der Waals surface area (Å²) in [6.45, 7) is 5.15. The van der Waals surface area contributed by atoms with E-state index < -0.39 is 0 Å². The molecule has 0 aromatic heterocycles. The summed E-state index contributed by atoms with van der Waals surface area (Å²) in [5, 5.41) is 3.56. The van der Waals surface area contributed by atoms with Crippen molar-refractivity contribution < 1.29 is 9.53 Å². The van der Waals surface area contributed by atoms with Gasteiger partial charge in [0.1, 0.15) is 5.75 Å². The number of nitrogens with zero attached hydrogens (tertiary/aromatic N) is 1. The molecular weight excluding hydrogens is 318 g/mol. The van der Waals surface area contributed by atoms with Gasteiger partial charge in [0.15, 0.2) is 5.78 Å². The minimum absolute atomic E-state index is 0.0913. The van der Waals surface area contributed by atoms with Crippen LogP contribution in [-0.4, -0.2) is 24.3 Å². The van der Waals surface area contributed by atoms with Crippen molar-refractivity contribution >= 4 is 29.1 Å². The Morgan fingerprint density at radius 1 is 1.45 bits per heavy atom. The second-order valence-electron chi connectivity index (χ2n) is 5.07. The maximum Gasteiger partial charge on any atom is 0.192 e. The minimum Gasteiger partial charge on any atom is -0.496 e. The molecule has 3 nitrogen and oxygen atoms in total. The normalized spacial score (nSPS) is 16.1. The molecule has 0 radical (unpaired) electrons. The molecule has 0 aliphatic carbocycles. The molecule has 1 heterocycles. The molecule has 0 saturated heterocycles. The lowest BCUT2D eigenvalue weighted by molar-refractivity contribution is 0.104. The second-order valence-corrected chi connectivity index (χ2v) is 6.40. The highest BCUT2D eigenvalue weighted by atomic mass is 35.5. The average Bonchev–Trinajstić information content (AvgIpc) is 2.85. The molecule has 22 heavy (non-hydrogen) atoms. The number of carbonyl (C=O) groups is 1. The van der Waals surface area contributed by atoms with Gasteiger partial charge in [-0.2, -0.15) is 0 Å². The number of rotatable bonds is 6. The third-order valence-corrected chi connectivity index (χ3v) is 4.73. The molecule has 0 fully saturated rings. The fraction of sp³-hybridized carbons (Fsp3) is 0.353. The molecule has 5 heteroatoms. The van der Waals surface area contributed by atoms with E-state index in [1.807, 2.05) is 0 Å². The van der Waals surface area contributed by atoms with Crippen molar-refractivity contribution in [2.45, 2.75) is 26.7 Å². The first kappa shape index (κ1) is 17.0. The third-order valence-electron chi connectivity index (χ3n) is 3.46.